The van der Waals surface area contributed by atoms with E-state index in [4.69, 9.17) is 10.2 Å². The minimum Gasteiger partial charge on any atom is -0.394 e. The van der Waals surface area contributed by atoms with Gasteiger partial charge in [-0.15, -0.1) is 0 Å². The molecule has 0 saturated heterocycles. The van der Waals surface area contributed by atoms with Crippen molar-refractivity contribution >= 4 is 11.8 Å². The third-order valence-electron chi connectivity index (χ3n) is 1.71. The molecule has 0 aliphatic carbocycles. The zero-order valence-corrected chi connectivity index (χ0v) is 8.60. The van der Waals surface area contributed by atoms with Crippen LogP contribution < -0.4 is 5.32 Å². The molecule has 0 aromatic rings. The van der Waals surface area contributed by atoms with Crippen LogP contribution in [0.3, 0.4) is 0 Å². The summed E-state index contributed by atoms with van der Waals surface area (Å²) >= 11 is 1.79. The van der Waals surface area contributed by atoms with E-state index in [0.29, 0.717) is 12.6 Å². The number of thioether (sulfide) groups is 1. The lowest BCUT2D eigenvalue weighted by atomic mass is 10.2. The molecule has 0 bridgehead atoms. The van der Waals surface area contributed by atoms with Crippen LogP contribution in [0.1, 0.15) is 13.3 Å². The third-order valence-corrected chi connectivity index (χ3v) is 2.45. The first-order valence-electron chi connectivity index (χ1n) is 4.25. The number of aliphatic hydroxyl groups excluding tert-OH is 2. The Bertz CT molecular complexity index is 103. The number of aliphatic hydroxyl groups is 2. The predicted molar refractivity (Wildman–Crippen MR) is 53.6 cm³/mol. The van der Waals surface area contributed by atoms with Gasteiger partial charge in [0.25, 0.3) is 0 Å². The molecule has 0 amide bonds. The Morgan fingerprint density at radius 2 is 2.17 bits per heavy atom. The molecule has 74 valence electrons. The predicted octanol–water partition coefficient (Wildman–Crippen LogP) is 0.0708. The van der Waals surface area contributed by atoms with Gasteiger partial charge in [-0.05, 0) is 12.7 Å². The first kappa shape index (κ1) is 12.2. The second-order valence-electron chi connectivity index (χ2n) is 2.81. The fourth-order valence-corrected chi connectivity index (χ4v) is 1.65. The van der Waals surface area contributed by atoms with Gasteiger partial charge in [0.2, 0.25) is 0 Å². The van der Waals surface area contributed by atoms with Crippen LogP contribution in [0.5, 0.6) is 0 Å². The molecule has 2 atom stereocenters. The van der Waals surface area contributed by atoms with E-state index in [1.54, 1.807) is 11.8 Å². The fraction of sp³-hybridized carbons (Fsp3) is 1.00. The second kappa shape index (κ2) is 7.86. The number of hydrogen-bond acceptors (Lipinski definition) is 4. The van der Waals surface area contributed by atoms with E-state index in [1.807, 2.05) is 0 Å². The van der Waals surface area contributed by atoms with Gasteiger partial charge in [-0.1, -0.05) is 6.92 Å². The summed E-state index contributed by atoms with van der Waals surface area (Å²) in [6, 6.07) is 0.446. The maximum Gasteiger partial charge on any atom is 0.0895 e. The first-order valence-corrected chi connectivity index (χ1v) is 5.65. The molecule has 0 fully saturated rings. The van der Waals surface area contributed by atoms with Gasteiger partial charge in [-0.3, -0.25) is 0 Å². The second-order valence-corrected chi connectivity index (χ2v) is 3.72. The van der Waals surface area contributed by atoms with Crippen molar-refractivity contribution in [2.24, 2.45) is 0 Å². The molecular formula is C8H19NO2S. The quantitative estimate of drug-likeness (QED) is 0.535. The van der Waals surface area contributed by atoms with E-state index in [-0.39, 0.29) is 6.61 Å². The Labute approximate surface area is 78.6 Å². The van der Waals surface area contributed by atoms with Gasteiger partial charge in [0.1, 0.15) is 0 Å². The molecule has 12 heavy (non-hydrogen) atoms. The van der Waals surface area contributed by atoms with Gasteiger partial charge in [0, 0.05) is 18.3 Å². The third kappa shape index (κ3) is 5.83. The average molecular weight is 193 g/mol. The SMILES string of the molecule is CCC(CSC)NC[C@H](O)CO. The Morgan fingerprint density at radius 1 is 1.50 bits per heavy atom. The molecule has 4 heteroatoms. The zero-order chi connectivity index (χ0) is 9.40. The summed E-state index contributed by atoms with van der Waals surface area (Å²) in [5.74, 6) is 1.05. The van der Waals surface area contributed by atoms with Crippen molar-refractivity contribution in [1.29, 1.82) is 0 Å². The Morgan fingerprint density at radius 3 is 2.58 bits per heavy atom. The number of hydrogen-bond donors (Lipinski definition) is 3. The maximum atomic E-state index is 9.05. The number of nitrogens with one attached hydrogen (secondary N) is 1. The smallest absolute Gasteiger partial charge is 0.0895 e. The van der Waals surface area contributed by atoms with Crippen LogP contribution >= 0.6 is 11.8 Å². The maximum absolute atomic E-state index is 9.05. The van der Waals surface area contributed by atoms with Gasteiger partial charge in [-0.25, -0.2) is 0 Å². The van der Waals surface area contributed by atoms with Gasteiger partial charge in [0.05, 0.1) is 12.7 Å². The minimum atomic E-state index is -0.624. The van der Waals surface area contributed by atoms with Gasteiger partial charge < -0.3 is 15.5 Å². The zero-order valence-electron chi connectivity index (χ0n) is 7.79. The summed E-state index contributed by atoms with van der Waals surface area (Å²) in [7, 11) is 0. The molecule has 1 unspecified atom stereocenters. The highest BCUT2D eigenvalue weighted by Gasteiger charge is 2.07. The van der Waals surface area contributed by atoms with Crippen molar-refractivity contribution < 1.29 is 10.2 Å². The highest BCUT2D eigenvalue weighted by atomic mass is 32.2. The van der Waals surface area contributed by atoms with Gasteiger partial charge in [-0.2, -0.15) is 11.8 Å². The standard InChI is InChI=1S/C8H19NO2S/c1-3-7(6-12-2)9-4-8(11)5-10/h7-11H,3-6H2,1-2H3/t7?,8-/m0/s1. The monoisotopic (exact) mass is 193 g/mol. The lowest BCUT2D eigenvalue weighted by Crippen LogP contribution is -2.38. The van der Waals surface area contributed by atoms with Crippen molar-refractivity contribution in [2.45, 2.75) is 25.5 Å². The summed E-state index contributed by atoms with van der Waals surface area (Å²) in [5, 5.41) is 20.8. The van der Waals surface area contributed by atoms with Crippen LogP contribution in [0.4, 0.5) is 0 Å². The highest BCUT2D eigenvalue weighted by molar-refractivity contribution is 7.98. The van der Waals surface area contributed by atoms with Crippen LogP contribution in [0.25, 0.3) is 0 Å². The lowest BCUT2D eigenvalue weighted by Gasteiger charge is -2.17. The van der Waals surface area contributed by atoms with Crippen molar-refractivity contribution in [2.75, 3.05) is 25.2 Å². The molecule has 3 N–H and O–H groups in total. The normalized spacial score (nSPS) is 16.0. The summed E-state index contributed by atoms with van der Waals surface area (Å²) in [5.41, 5.74) is 0. The van der Waals surface area contributed by atoms with Crippen LogP contribution in [0.15, 0.2) is 0 Å². The van der Waals surface area contributed by atoms with E-state index >= 15 is 0 Å². The molecular weight excluding hydrogens is 174 g/mol. The van der Waals surface area contributed by atoms with Crippen molar-refractivity contribution in [3.05, 3.63) is 0 Å². The van der Waals surface area contributed by atoms with Crippen molar-refractivity contribution in [3.63, 3.8) is 0 Å². The topological polar surface area (TPSA) is 52.5 Å². The molecule has 0 aromatic heterocycles. The van der Waals surface area contributed by atoms with Crippen LogP contribution in [0, 0.1) is 0 Å². The van der Waals surface area contributed by atoms with Crippen molar-refractivity contribution in [1.82, 2.24) is 5.32 Å². The Balaban J connectivity index is 3.43. The molecule has 0 radical (unpaired) electrons. The molecule has 0 saturated carbocycles. The molecule has 0 heterocycles. The summed E-state index contributed by atoms with van der Waals surface area (Å²) in [6.07, 6.45) is 2.49. The van der Waals surface area contributed by atoms with E-state index in [0.717, 1.165) is 12.2 Å². The summed E-state index contributed by atoms with van der Waals surface area (Å²) in [6.45, 7) is 2.43. The largest absolute Gasteiger partial charge is 0.394 e. The van der Waals surface area contributed by atoms with Crippen LogP contribution in [-0.2, 0) is 0 Å². The van der Waals surface area contributed by atoms with E-state index < -0.39 is 6.10 Å². The van der Waals surface area contributed by atoms with Gasteiger partial charge in [0.15, 0.2) is 0 Å². The molecule has 0 aliphatic heterocycles. The molecule has 3 nitrogen and oxygen atoms in total. The Kier molecular flexibility index (Phi) is 8.01. The molecule has 0 spiro atoms. The fourth-order valence-electron chi connectivity index (χ4n) is 0.890. The van der Waals surface area contributed by atoms with Crippen molar-refractivity contribution in [3.8, 4) is 0 Å². The molecule has 0 aromatic carbocycles. The average Bonchev–Trinajstić information content (AvgIpc) is 2.11. The van der Waals surface area contributed by atoms with Crippen LogP contribution in [-0.4, -0.2) is 47.5 Å². The summed E-state index contributed by atoms with van der Waals surface area (Å²) in [4.78, 5) is 0. The van der Waals surface area contributed by atoms with E-state index in [9.17, 15) is 0 Å². The lowest BCUT2D eigenvalue weighted by molar-refractivity contribution is 0.0924. The number of rotatable bonds is 7. The van der Waals surface area contributed by atoms with E-state index in [2.05, 4.69) is 18.5 Å². The molecule has 0 rings (SSSR count). The summed E-state index contributed by atoms with van der Waals surface area (Å²) < 4.78 is 0. The Hall–Kier alpha value is 0.230. The van der Waals surface area contributed by atoms with Gasteiger partial charge >= 0.3 is 0 Å². The van der Waals surface area contributed by atoms with E-state index in [1.165, 1.54) is 0 Å². The van der Waals surface area contributed by atoms with Crippen LogP contribution in [0.2, 0.25) is 0 Å². The molecule has 0 aliphatic rings. The first-order chi connectivity index (χ1) is 5.74. The highest BCUT2D eigenvalue weighted by Crippen LogP contribution is 2.00. The minimum absolute atomic E-state index is 0.164.